The lowest BCUT2D eigenvalue weighted by Crippen LogP contribution is -2.53. The van der Waals surface area contributed by atoms with Gasteiger partial charge >= 0.3 is 0 Å². The van der Waals surface area contributed by atoms with Gasteiger partial charge in [-0.05, 0) is 68.5 Å². The summed E-state index contributed by atoms with van der Waals surface area (Å²) in [5.74, 6) is 1.91. The third-order valence-corrected chi connectivity index (χ3v) is 4.61. The fourth-order valence-corrected chi connectivity index (χ4v) is 4.44. The molecule has 0 aliphatic heterocycles. The first-order chi connectivity index (χ1) is 7.73. The van der Waals surface area contributed by atoms with Gasteiger partial charge < -0.3 is 5.73 Å². The molecule has 0 aromatic rings. The zero-order chi connectivity index (χ0) is 12.5. The molecule has 0 aromatic carbocycles. The second-order valence-corrected chi connectivity index (χ2v) is 5.61. The molecule has 4 aliphatic rings. The molecule has 0 amide bonds. The van der Waals surface area contributed by atoms with Crippen LogP contribution in [0.25, 0.3) is 0 Å². The van der Waals surface area contributed by atoms with Gasteiger partial charge in [-0.25, -0.2) is 0 Å². The quantitative estimate of drug-likeness (QED) is 0.664. The molecule has 0 aromatic heterocycles. The fraction of sp³-hybridized carbons (Fsp3) is 1.00. The van der Waals surface area contributed by atoms with Crippen LogP contribution in [0.4, 0.5) is 0 Å². The highest BCUT2D eigenvalue weighted by atomic mass is 14.7. The molecular weight excluding hydrogens is 158 g/mol. The summed E-state index contributed by atoms with van der Waals surface area (Å²) in [5.41, 5.74) is 5.56. The van der Waals surface area contributed by atoms with E-state index in [1.54, 1.807) is 0 Å². The Bertz CT molecular complexity index is 299. The topological polar surface area (TPSA) is 26.0 Å². The average Bonchev–Trinajstić information content (AvgIpc) is 2.12. The van der Waals surface area contributed by atoms with Gasteiger partial charge in [0, 0.05) is 11.5 Å². The Hall–Kier alpha value is -0.0400. The lowest BCUT2D eigenvalue weighted by atomic mass is 9.48. The van der Waals surface area contributed by atoms with E-state index in [1.165, 1.54) is 19.3 Å². The Morgan fingerprint density at radius 3 is 2.08 bits per heavy atom. The van der Waals surface area contributed by atoms with E-state index >= 15 is 0 Å². The van der Waals surface area contributed by atoms with Gasteiger partial charge in [0.2, 0.25) is 0 Å². The van der Waals surface area contributed by atoms with Crippen molar-refractivity contribution in [3.05, 3.63) is 0 Å². The molecule has 4 aliphatic carbocycles. The van der Waals surface area contributed by atoms with E-state index in [9.17, 15) is 0 Å². The second kappa shape index (κ2) is 2.50. The summed E-state index contributed by atoms with van der Waals surface area (Å²) in [5, 5.41) is 0. The highest BCUT2D eigenvalue weighted by Gasteiger charge is 2.52. The van der Waals surface area contributed by atoms with Gasteiger partial charge in [0.1, 0.15) is 0 Å². The summed E-state index contributed by atoms with van der Waals surface area (Å²) in [6.45, 7) is -2.36. The Balaban J connectivity index is 1.97. The Kier molecular flexibility index (Phi) is 0.993. The summed E-state index contributed by atoms with van der Waals surface area (Å²) < 4.78 is 31.0. The third kappa shape index (κ3) is 1.09. The standard InChI is InChI=1S/C12H21N/c1-8(13)12-5-9-2-10(6-12)4-11(3-9)7-12/h8-11H,2-7,13H2,1H3/i1D3,8D. The van der Waals surface area contributed by atoms with E-state index in [4.69, 9.17) is 11.2 Å². The Morgan fingerprint density at radius 1 is 1.23 bits per heavy atom. The summed E-state index contributed by atoms with van der Waals surface area (Å²) in [7, 11) is 0. The van der Waals surface area contributed by atoms with E-state index in [1.807, 2.05) is 0 Å². The van der Waals surface area contributed by atoms with Crippen LogP contribution in [0.5, 0.6) is 0 Å². The lowest BCUT2D eigenvalue weighted by Gasteiger charge is -2.58. The van der Waals surface area contributed by atoms with Crippen molar-refractivity contribution in [1.29, 1.82) is 0 Å². The lowest BCUT2D eigenvalue weighted by molar-refractivity contribution is -0.0637. The van der Waals surface area contributed by atoms with Crippen LogP contribution in [0.15, 0.2) is 0 Å². The molecular formula is C12H21N. The van der Waals surface area contributed by atoms with Crippen LogP contribution in [0.1, 0.15) is 50.9 Å². The SMILES string of the molecule is [2H]C([2H])([2H])C([2H])(N)C12CC3CC(CC(C3)C1)C2. The van der Waals surface area contributed by atoms with Gasteiger partial charge in [-0.15, -0.1) is 0 Å². The summed E-state index contributed by atoms with van der Waals surface area (Å²) in [6, 6.07) is -1.75. The van der Waals surface area contributed by atoms with Crippen molar-refractivity contribution in [2.45, 2.75) is 51.4 Å². The largest absolute Gasteiger partial charge is 0.327 e. The zero-order valence-electron chi connectivity index (χ0n) is 12.1. The number of nitrogens with two attached hydrogens (primary N) is 1. The van der Waals surface area contributed by atoms with Crippen LogP contribution in [0.3, 0.4) is 0 Å². The minimum atomic E-state index is -2.36. The predicted octanol–water partition coefficient (Wildman–Crippen LogP) is 2.55. The smallest absolute Gasteiger partial charge is 0.0465 e. The zero-order valence-corrected chi connectivity index (χ0v) is 8.05. The van der Waals surface area contributed by atoms with Gasteiger partial charge in [0.25, 0.3) is 0 Å². The molecule has 4 bridgehead atoms. The minimum Gasteiger partial charge on any atom is -0.327 e. The van der Waals surface area contributed by atoms with Crippen molar-refractivity contribution in [1.82, 2.24) is 0 Å². The first-order valence-corrected chi connectivity index (χ1v) is 5.52. The van der Waals surface area contributed by atoms with Crippen LogP contribution < -0.4 is 5.73 Å². The minimum absolute atomic E-state index is 0.438. The summed E-state index contributed by atoms with van der Waals surface area (Å²) >= 11 is 0. The van der Waals surface area contributed by atoms with Crippen LogP contribution in [-0.4, -0.2) is 6.02 Å². The maximum Gasteiger partial charge on any atom is 0.0465 e. The predicted molar refractivity (Wildman–Crippen MR) is 54.3 cm³/mol. The molecule has 13 heavy (non-hydrogen) atoms. The molecule has 0 saturated heterocycles. The third-order valence-electron chi connectivity index (χ3n) is 4.61. The van der Waals surface area contributed by atoms with Crippen LogP contribution in [0.2, 0.25) is 0 Å². The van der Waals surface area contributed by atoms with E-state index in [0.717, 1.165) is 19.3 Å². The molecule has 74 valence electrons. The second-order valence-electron chi connectivity index (χ2n) is 5.61. The van der Waals surface area contributed by atoms with Crippen molar-refractivity contribution < 1.29 is 5.48 Å². The fourth-order valence-electron chi connectivity index (χ4n) is 4.44. The normalized spacial score (nSPS) is 63.3. The van der Waals surface area contributed by atoms with Crippen molar-refractivity contribution in [2.24, 2.45) is 28.9 Å². The first kappa shape index (κ1) is 5.16. The van der Waals surface area contributed by atoms with Crippen LogP contribution >= 0.6 is 0 Å². The van der Waals surface area contributed by atoms with Crippen LogP contribution in [0, 0.1) is 23.2 Å². The molecule has 0 radical (unpaired) electrons. The Morgan fingerprint density at radius 2 is 1.69 bits per heavy atom. The van der Waals surface area contributed by atoms with Gasteiger partial charge in [-0.1, -0.05) is 0 Å². The molecule has 0 spiro atoms. The molecule has 1 unspecified atom stereocenters. The molecule has 2 N–H and O–H groups in total. The molecule has 0 heterocycles. The number of hydrogen-bond donors (Lipinski definition) is 1. The van der Waals surface area contributed by atoms with Gasteiger partial charge in [0.15, 0.2) is 0 Å². The van der Waals surface area contributed by atoms with Gasteiger partial charge in [-0.2, -0.15) is 0 Å². The molecule has 4 saturated carbocycles. The van der Waals surface area contributed by atoms with Crippen molar-refractivity contribution in [3.8, 4) is 0 Å². The van der Waals surface area contributed by atoms with E-state index in [0.29, 0.717) is 17.8 Å². The van der Waals surface area contributed by atoms with E-state index in [2.05, 4.69) is 0 Å². The Labute approximate surface area is 86.7 Å². The van der Waals surface area contributed by atoms with E-state index < -0.39 is 18.3 Å². The number of hydrogen-bond acceptors (Lipinski definition) is 1. The molecule has 4 fully saturated rings. The molecule has 1 nitrogen and oxygen atoms in total. The highest BCUT2D eigenvalue weighted by Crippen LogP contribution is 2.60. The molecule has 1 heteroatoms. The molecule has 1 atom stereocenters. The highest BCUT2D eigenvalue weighted by molar-refractivity contribution is 5.04. The average molecular weight is 183 g/mol. The van der Waals surface area contributed by atoms with Crippen LogP contribution in [-0.2, 0) is 0 Å². The van der Waals surface area contributed by atoms with Gasteiger partial charge in [-0.3, -0.25) is 0 Å². The number of rotatable bonds is 1. The maximum absolute atomic E-state index is 8.27. The van der Waals surface area contributed by atoms with Gasteiger partial charge in [0.05, 0.1) is 0 Å². The molecule has 4 rings (SSSR count). The van der Waals surface area contributed by atoms with Crippen molar-refractivity contribution in [3.63, 3.8) is 0 Å². The summed E-state index contributed by atoms with van der Waals surface area (Å²) in [4.78, 5) is 0. The van der Waals surface area contributed by atoms with Crippen molar-refractivity contribution in [2.75, 3.05) is 0 Å². The first-order valence-electron chi connectivity index (χ1n) is 7.52. The monoisotopic (exact) mass is 183 g/mol. The summed E-state index contributed by atoms with van der Waals surface area (Å²) in [6.07, 6.45) is 6.36. The maximum atomic E-state index is 8.27. The van der Waals surface area contributed by atoms with Crippen molar-refractivity contribution >= 4 is 0 Å². The van der Waals surface area contributed by atoms with E-state index in [-0.39, 0.29) is 0 Å².